The highest BCUT2D eigenvalue weighted by Gasteiger charge is 2.45. The highest BCUT2D eigenvalue weighted by atomic mass is 16.5. The second-order valence-corrected chi connectivity index (χ2v) is 5.67. The van der Waals surface area contributed by atoms with Gasteiger partial charge in [0, 0.05) is 25.0 Å². The average molecular weight is 282 g/mol. The molecular weight excluding hydrogens is 264 g/mol. The van der Waals surface area contributed by atoms with Gasteiger partial charge in [-0.3, -0.25) is 9.59 Å². The van der Waals surface area contributed by atoms with Crippen LogP contribution in [-0.2, 0) is 19.1 Å². The van der Waals surface area contributed by atoms with Crippen LogP contribution in [0.25, 0.3) is 0 Å². The number of nitrogens with one attached hydrogen (secondary N) is 1. The predicted octanol–water partition coefficient (Wildman–Crippen LogP) is -0.502. The SMILES string of the molecule is O=C1C[C@H]2CC[C@@H](CN1)N2C(=O)[C@@H]1CC[C@H](C(=O)O)O1. The van der Waals surface area contributed by atoms with E-state index in [1.165, 1.54) is 0 Å². The second kappa shape index (κ2) is 5.05. The molecule has 2 amide bonds. The molecule has 2 N–H and O–H groups in total. The minimum Gasteiger partial charge on any atom is -0.479 e. The third-order valence-electron chi connectivity index (χ3n) is 4.40. The standard InChI is InChI=1S/C13H18N2O5/c16-11-5-7-1-2-8(6-14-11)15(7)12(17)9-3-4-10(20-9)13(18)19/h7-10H,1-6H2,(H,14,16)(H,18,19)/t7-,8+,9+,10-/m1/s1. The molecule has 2 bridgehead atoms. The Morgan fingerprint density at radius 1 is 1.15 bits per heavy atom. The Kier molecular flexibility index (Phi) is 3.37. The lowest BCUT2D eigenvalue weighted by molar-refractivity contribution is -0.155. The van der Waals surface area contributed by atoms with Crippen LogP contribution in [0.2, 0.25) is 0 Å². The fraction of sp³-hybridized carbons (Fsp3) is 0.769. The summed E-state index contributed by atoms with van der Waals surface area (Å²) in [7, 11) is 0. The summed E-state index contributed by atoms with van der Waals surface area (Å²) in [6.45, 7) is 0.482. The van der Waals surface area contributed by atoms with Crippen molar-refractivity contribution in [3.63, 3.8) is 0 Å². The van der Waals surface area contributed by atoms with Gasteiger partial charge in [0.05, 0.1) is 0 Å². The van der Waals surface area contributed by atoms with Gasteiger partial charge in [-0.15, -0.1) is 0 Å². The van der Waals surface area contributed by atoms with Crippen LogP contribution in [0.3, 0.4) is 0 Å². The van der Waals surface area contributed by atoms with Gasteiger partial charge in [-0.2, -0.15) is 0 Å². The molecule has 3 aliphatic rings. The van der Waals surface area contributed by atoms with E-state index >= 15 is 0 Å². The van der Waals surface area contributed by atoms with Gasteiger partial charge in [0.1, 0.15) is 6.10 Å². The molecule has 0 saturated carbocycles. The van der Waals surface area contributed by atoms with E-state index in [1.54, 1.807) is 4.90 Å². The van der Waals surface area contributed by atoms with Crippen LogP contribution >= 0.6 is 0 Å². The summed E-state index contributed by atoms with van der Waals surface area (Å²) in [6, 6.07) is -0.0473. The van der Waals surface area contributed by atoms with Crippen molar-refractivity contribution in [2.45, 2.75) is 56.4 Å². The summed E-state index contributed by atoms with van der Waals surface area (Å²) in [5, 5.41) is 11.7. The number of ether oxygens (including phenoxy) is 1. The molecule has 0 aromatic heterocycles. The van der Waals surface area contributed by atoms with Crippen LogP contribution in [0.1, 0.15) is 32.1 Å². The van der Waals surface area contributed by atoms with Crippen LogP contribution in [-0.4, -0.2) is 58.6 Å². The minimum absolute atomic E-state index is 0.0198. The van der Waals surface area contributed by atoms with Crippen molar-refractivity contribution in [1.29, 1.82) is 0 Å². The smallest absolute Gasteiger partial charge is 0.332 e. The van der Waals surface area contributed by atoms with E-state index in [1.807, 2.05) is 0 Å². The molecule has 0 aromatic rings. The van der Waals surface area contributed by atoms with Crippen LogP contribution < -0.4 is 5.32 Å². The van der Waals surface area contributed by atoms with Gasteiger partial charge in [-0.25, -0.2) is 4.79 Å². The molecule has 7 heteroatoms. The molecule has 7 nitrogen and oxygen atoms in total. The van der Waals surface area contributed by atoms with E-state index < -0.39 is 18.2 Å². The summed E-state index contributed by atoms with van der Waals surface area (Å²) in [5.41, 5.74) is 0. The molecular formula is C13H18N2O5. The maximum absolute atomic E-state index is 12.6. The number of aliphatic carboxylic acids is 1. The van der Waals surface area contributed by atoms with Crippen molar-refractivity contribution < 1.29 is 24.2 Å². The van der Waals surface area contributed by atoms with E-state index in [2.05, 4.69) is 5.32 Å². The van der Waals surface area contributed by atoms with Crippen molar-refractivity contribution in [1.82, 2.24) is 10.2 Å². The van der Waals surface area contributed by atoms with Crippen molar-refractivity contribution >= 4 is 17.8 Å². The van der Waals surface area contributed by atoms with Gasteiger partial charge in [0.25, 0.3) is 5.91 Å². The molecule has 0 radical (unpaired) electrons. The Hall–Kier alpha value is -1.63. The highest BCUT2D eigenvalue weighted by molar-refractivity contribution is 5.85. The Balaban J connectivity index is 1.71. The Labute approximate surface area is 116 Å². The molecule has 0 aliphatic carbocycles. The Morgan fingerprint density at radius 3 is 2.55 bits per heavy atom. The maximum atomic E-state index is 12.6. The quantitative estimate of drug-likeness (QED) is 0.711. The molecule has 0 aromatic carbocycles. The van der Waals surface area contributed by atoms with Gasteiger partial charge in [-0.1, -0.05) is 0 Å². The number of hydrogen-bond donors (Lipinski definition) is 2. The average Bonchev–Trinajstić information content (AvgIpc) is 2.97. The molecule has 3 heterocycles. The molecule has 0 unspecified atom stereocenters. The molecule has 3 aliphatic heterocycles. The van der Waals surface area contributed by atoms with Crippen molar-refractivity contribution in [3.05, 3.63) is 0 Å². The first kappa shape index (κ1) is 13.4. The first-order chi connectivity index (χ1) is 9.56. The molecule has 110 valence electrons. The van der Waals surface area contributed by atoms with E-state index in [9.17, 15) is 14.4 Å². The van der Waals surface area contributed by atoms with Gasteiger partial charge in [0.15, 0.2) is 6.10 Å². The van der Waals surface area contributed by atoms with Crippen molar-refractivity contribution in [2.24, 2.45) is 0 Å². The van der Waals surface area contributed by atoms with Crippen molar-refractivity contribution in [2.75, 3.05) is 6.54 Å². The second-order valence-electron chi connectivity index (χ2n) is 5.67. The summed E-state index contributed by atoms with van der Waals surface area (Å²) in [6.07, 6.45) is 1.29. The summed E-state index contributed by atoms with van der Waals surface area (Å²) in [4.78, 5) is 36.7. The molecule has 3 rings (SSSR count). The number of fused-ring (bicyclic) bond motifs is 2. The largest absolute Gasteiger partial charge is 0.479 e. The maximum Gasteiger partial charge on any atom is 0.332 e. The predicted molar refractivity (Wildman–Crippen MR) is 66.8 cm³/mol. The summed E-state index contributed by atoms with van der Waals surface area (Å²) >= 11 is 0. The lowest BCUT2D eigenvalue weighted by Gasteiger charge is -2.29. The van der Waals surface area contributed by atoms with Crippen LogP contribution in [0.5, 0.6) is 0 Å². The number of carbonyl (C=O) groups excluding carboxylic acids is 2. The van der Waals surface area contributed by atoms with Crippen LogP contribution in [0.4, 0.5) is 0 Å². The monoisotopic (exact) mass is 282 g/mol. The van der Waals surface area contributed by atoms with Gasteiger partial charge >= 0.3 is 5.97 Å². The topological polar surface area (TPSA) is 95.9 Å². The molecule has 0 spiro atoms. The fourth-order valence-corrected chi connectivity index (χ4v) is 3.41. The zero-order chi connectivity index (χ0) is 14.3. The van der Waals surface area contributed by atoms with Gasteiger partial charge < -0.3 is 20.1 Å². The minimum atomic E-state index is -1.02. The zero-order valence-electron chi connectivity index (χ0n) is 11.1. The molecule has 4 atom stereocenters. The molecule has 20 heavy (non-hydrogen) atoms. The molecule has 3 saturated heterocycles. The van der Waals surface area contributed by atoms with Crippen LogP contribution in [0, 0.1) is 0 Å². The third kappa shape index (κ3) is 2.26. The fourth-order valence-electron chi connectivity index (χ4n) is 3.41. The third-order valence-corrected chi connectivity index (χ3v) is 4.40. The van der Waals surface area contributed by atoms with Crippen molar-refractivity contribution in [3.8, 4) is 0 Å². The van der Waals surface area contributed by atoms with Gasteiger partial charge in [-0.05, 0) is 25.7 Å². The van der Waals surface area contributed by atoms with E-state index in [0.29, 0.717) is 25.8 Å². The zero-order valence-corrected chi connectivity index (χ0v) is 11.1. The lowest BCUT2D eigenvalue weighted by atomic mass is 10.1. The summed E-state index contributed by atoms with van der Waals surface area (Å²) < 4.78 is 5.33. The van der Waals surface area contributed by atoms with Gasteiger partial charge in [0.2, 0.25) is 5.91 Å². The number of hydrogen-bond acceptors (Lipinski definition) is 4. The highest BCUT2D eigenvalue weighted by Crippen LogP contribution is 2.31. The lowest BCUT2D eigenvalue weighted by Crippen LogP contribution is -2.47. The Bertz CT molecular complexity index is 452. The van der Waals surface area contributed by atoms with Crippen LogP contribution in [0.15, 0.2) is 0 Å². The number of carboxylic acid groups (broad SMARTS) is 1. The summed E-state index contributed by atoms with van der Waals surface area (Å²) in [5.74, 6) is -1.19. The number of nitrogens with zero attached hydrogens (tertiary/aromatic N) is 1. The normalized spacial score (nSPS) is 36.6. The number of carboxylic acids is 1. The number of amides is 2. The first-order valence-corrected chi connectivity index (χ1v) is 7.03. The van der Waals surface area contributed by atoms with E-state index in [0.717, 1.165) is 12.8 Å². The van der Waals surface area contributed by atoms with E-state index in [4.69, 9.17) is 9.84 Å². The van der Waals surface area contributed by atoms with E-state index in [-0.39, 0.29) is 23.9 Å². The number of carbonyl (C=O) groups is 3. The molecule has 3 fully saturated rings. The Morgan fingerprint density at radius 2 is 1.85 bits per heavy atom. The number of rotatable bonds is 2. The first-order valence-electron chi connectivity index (χ1n) is 7.03.